The average Bonchev–Trinajstić information content (AvgIpc) is 2.43. The van der Waals surface area contributed by atoms with Gasteiger partial charge in [-0.15, -0.1) is 0 Å². The van der Waals surface area contributed by atoms with Crippen LogP contribution in [0.25, 0.3) is 0 Å². The lowest BCUT2D eigenvalue weighted by Crippen LogP contribution is -2.48. The van der Waals surface area contributed by atoms with Crippen molar-refractivity contribution in [2.45, 2.75) is 59.1 Å². The lowest BCUT2D eigenvalue weighted by atomic mass is 9.70. The highest BCUT2D eigenvalue weighted by molar-refractivity contribution is 6.41. The molecule has 0 radical (unpaired) electrons. The minimum atomic E-state index is -1.14. The summed E-state index contributed by atoms with van der Waals surface area (Å²) in [6, 6.07) is 0. The average molecular weight is 349 g/mol. The second kappa shape index (κ2) is 8.98. The van der Waals surface area contributed by atoms with Gasteiger partial charge < -0.3 is 19.1 Å². The molecule has 0 amide bonds. The number of aliphatic hydroxyl groups is 2. The van der Waals surface area contributed by atoms with E-state index in [0.717, 1.165) is 12.0 Å². The summed E-state index contributed by atoms with van der Waals surface area (Å²) >= 11 is 0. The number of carbonyl (C=O) groups excluding carboxylic acids is 1. The van der Waals surface area contributed by atoms with E-state index in [-0.39, 0.29) is 12.6 Å². The zero-order chi connectivity index (χ0) is 17.6. The molecule has 7 heteroatoms. The van der Waals surface area contributed by atoms with Crippen LogP contribution in [0.5, 0.6) is 0 Å². The van der Waals surface area contributed by atoms with Crippen molar-refractivity contribution in [3.63, 3.8) is 0 Å². The Kier molecular flexibility index (Phi) is 8.78. The highest BCUT2D eigenvalue weighted by atomic mass is 28.3. The molecule has 0 rings (SSSR count). The van der Waals surface area contributed by atoms with Gasteiger partial charge in [0.05, 0.1) is 19.3 Å². The zero-order valence-corrected chi connectivity index (χ0v) is 18.4. The van der Waals surface area contributed by atoms with Crippen LogP contribution in [0.3, 0.4) is 0 Å². The first kappa shape index (κ1) is 21.5. The standard InChI is InChI=1S/C15H32O5Si2/c1-7-8-19-13(18)12(10(2)3)15(6,22-20-21)14(4,5)11(17)9-16/h11,16-17H,7-9,22H2,1-6,21H3. The first-order chi connectivity index (χ1) is 10.1. The van der Waals surface area contributed by atoms with Gasteiger partial charge >= 0.3 is 5.97 Å². The van der Waals surface area contributed by atoms with Crippen molar-refractivity contribution in [2.24, 2.45) is 5.41 Å². The van der Waals surface area contributed by atoms with Crippen molar-refractivity contribution in [3.8, 4) is 0 Å². The van der Waals surface area contributed by atoms with E-state index < -0.39 is 26.3 Å². The molecule has 2 unspecified atom stereocenters. The molecule has 22 heavy (non-hydrogen) atoms. The lowest BCUT2D eigenvalue weighted by Gasteiger charge is -2.47. The SMILES string of the molecule is CCCOC(=O)C(=C(C)C)C(C)([SiH2]O[SiH3])C(C)(C)C(O)CO. The second-order valence-electron chi connectivity index (χ2n) is 6.70. The van der Waals surface area contributed by atoms with Gasteiger partial charge in [0.2, 0.25) is 0 Å². The van der Waals surface area contributed by atoms with Gasteiger partial charge in [-0.25, -0.2) is 4.79 Å². The fraction of sp³-hybridized carbons (Fsp3) is 0.800. The Hall–Kier alpha value is -0.476. The van der Waals surface area contributed by atoms with Crippen LogP contribution in [-0.2, 0) is 13.6 Å². The molecule has 0 saturated heterocycles. The monoisotopic (exact) mass is 348 g/mol. The van der Waals surface area contributed by atoms with Gasteiger partial charge in [0.1, 0.15) is 10.5 Å². The van der Waals surface area contributed by atoms with Crippen LogP contribution in [0.1, 0.15) is 48.0 Å². The van der Waals surface area contributed by atoms with Crippen molar-refractivity contribution in [1.29, 1.82) is 0 Å². The largest absolute Gasteiger partial charge is 0.467 e. The molecule has 5 nitrogen and oxygen atoms in total. The molecule has 0 bridgehead atoms. The van der Waals surface area contributed by atoms with Crippen LogP contribution in [-0.4, -0.2) is 55.7 Å². The molecule has 0 spiro atoms. The van der Waals surface area contributed by atoms with Gasteiger partial charge in [0.15, 0.2) is 9.76 Å². The number of ether oxygens (including phenoxy) is 1. The van der Waals surface area contributed by atoms with E-state index in [9.17, 15) is 15.0 Å². The number of hydrogen-bond acceptors (Lipinski definition) is 5. The lowest BCUT2D eigenvalue weighted by molar-refractivity contribution is -0.140. The molecular weight excluding hydrogens is 316 g/mol. The minimum Gasteiger partial charge on any atom is -0.467 e. The number of allylic oxidation sites excluding steroid dienone is 1. The van der Waals surface area contributed by atoms with E-state index in [1.54, 1.807) is 0 Å². The summed E-state index contributed by atoms with van der Waals surface area (Å²) in [5, 5.41) is 19.1. The van der Waals surface area contributed by atoms with E-state index in [1.165, 1.54) is 0 Å². The maximum Gasteiger partial charge on any atom is 0.334 e. The Morgan fingerprint density at radius 2 is 1.86 bits per heavy atom. The molecule has 0 aromatic rings. The zero-order valence-electron chi connectivity index (χ0n) is 15.0. The fourth-order valence-electron chi connectivity index (χ4n) is 2.71. The van der Waals surface area contributed by atoms with E-state index in [2.05, 4.69) is 0 Å². The normalized spacial score (nSPS) is 16.5. The molecule has 0 aliphatic rings. The Morgan fingerprint density at radius 3 is 2.23 bits per heavy atom. The molecule has 0 heterocycles. The third-order valence-electron chi connectivity index (χ3n) is 4.55. The number of hydrogen-bond donors (Lipinski definition) is 2. The summed E-state index contributed by atoms with van der Waals surface area (Å²) in [5.41, 5.74) is 0.755. The molecule has 2 atom stereocenters. The van der Waals surface area contributed by atoms with E-state index in [1.807, 2.05) is 41.5 Å². The summed E-state index contributed by atoms with van der Waals surface area (Å²) in [4.78, 5) is 12.6. The highest BCUT2D eigenvalue weighted by Crippen LogP contribution is 2.53. The molecule has 0 aliphatic carbocycles. The third kappa shape index (κ3) is 4.51. The molecule has 2 N–H and O–H groups in total. The van der Waals surface area contributed by atoms with E-state index in [4.69, 9.17) is 8.85 Å². The van der Waals surface area contributed by atoms with Crippen LogP contribution in [0, 0.1) is 5.41 Å². The maximum atomic E-state index is 12.6. The fourth-order valence-corrected chi connectivity index (χ4v) is 6.27. The maximum absolute atomic E-state index is 12.6. The number of esters is 1. The van der Waals surface area contributed by atoms with Gasteiger partial charge in [-0.1, -0.05) is 33.3 Å². The first-order valence-corrected chi connectivity index (χ1v) is 9.83. The number of carbonyl (C=O) groups is 1. The summed E-state index contributed by atoms with van der Waals surface area (Å²) in [6.45, 7) is 11.4. The highest BCUT2D eigenvalue weighted by Gasteiger charge is 2.51. The van der Waals surface area contributed by atoms with Gasteiger partial charge in [-0.05, 0) is 20.3 Å². The van der Waals surface area contributed by atoms with Gasteiger partial charge in [0.25, 0.3) is 0 Å². The van der Waals surface area contributed by atoms with Crippen molar-refractivity contribution < 1.29 is 23.9 Å². The Bertz CT molecular complexity index is 405. The molecule has 0 aliphatic heterocycles. The predicted octanol–water partition coefficient (Wildman–Crippen LogP) is 0.215. The van der Waals surface area contributed by atoms with Crippen LogP contribution >= 0.6 is 0 Å². The summed E-state index contributed by atoms with van der Waals surface area (Å²) in [7, 11) is -0.557. The predicted molar refractivity (Wildman–Crippen MR) is 94.4 cm³/mol. The summed E-state index contributed by atoms with van der Waals surface area (Å²) in [6.07, 6.45) is -0.175. The number of aliphatic hydroxyl groups excluding tert-OH is 2. The van der Waals surface area contributed by atoms with Crippen molar-refractivity contribution in [1.82, 2.24) is 0 Å². The summed E-state index contributed by atoms with van der Waals surface area (Å²) in [5.74, 6) is -0.339. The Balaban J connectivity index is 5.96. The van der Waals surface area contributed by atoms with Gasteiger partial charge in [-0.2, -0.15) is 0 Å². The molecule has 0 saturated carbocycles. The molecule has 0 aromatic heterocycles. The first-order valence-electron chi connectivity index (χ1n) is 7.73. The van der Waals surface area contributed by atoms with Crippen LogP contribution in [0.2, 0.25) is 5.04 Å². The van der Waals surface area contributed by atoms with Crippen LogP contribution < -0.4 is 0 Å². The molecule has 130 valence electrons. The van der Waals surface area contributed by atoms with Crippen molar-refractivity contribution in [3.05, 3.63) is 11.1 Å². The van der Waals surface area contributed by atoms with E-state index in [0.29, 0.717) is 22.7 Å². The van der Waals surface area contributed by atoms with Gasteiger partial charge in [-0.3, -0.25) is 0 Å². The second-order valence-corrected chi connectivity index (χ2v) is 10.7. The Morgan fingerprint density at radius 1 is 1.32 bits per heavy atom. The molecular formula is C15H32O5Si2. The summed E-state index contributed by atoms with van der Waals surface area (Å²) < 4.78 is 11.0. The van der Waals surface area contributed by atoms with Crippen LogP contribution in [0.15, 0.2) is 11.1 Å². The van der Waals surface area contributed by atoms with Crippen molar-refractivity contribution >= 4 is 26.2 Å². The van der Waals surface area contributed by atoms with Crippen molar-refractivity contribution in [2.75, 3.05) is 13.2 Å². The topological polar surface area (TPSA) is 76.0 Å². The molecule has 0 fully saturated rings. The smallest absolute Gasteiger partial charge is 0.334 e. The van der Waals surface area contributed by atoms with E-state index >= 15 is 0 Å². The Labute approximate surface area is 139 Å². The van der Waals surface area contributed by atoms with Gasteiger partial charge in [0, 0.05) is 16.0 Å². The minimum absolute atomic E-state index is 0.339. The quantitative estimate of drug-likeness (QED) is 0.354. The number of rotatable bonds is 9. The third-order valence-corrected chi connectivity index (χ3v) is 7.55. The molecule has 0 aromatic carbocycles. The van der Waals surface area contributed by atoms with Crippen LogP contribution in [0.4, 0.5) is 0 Å².